The monoisotopic (exact) mass is 561 g/mol. The Kier molecular flexibility index (Phi) is 9.77. The van der Waals surface area contributed by atoms with Gasteiger partial charge in [-0.2, -0.15) is 0 Å². The fraction of sp³-hybridized carbons (Fsp3) is 0.333. The molecule has 0 radical (unpaired) electrons. The number of nitrogens with two attached hydrogens (primary N) is 1. The van der Waals surface area contributed by atoms with Crippen LogP contribution >= 0.6 is 0 Å². The predicted octanol–water partition coefficient (Wildman–Crippen LogP) is 3.35. The molecule has 0 aliphatic heterocycles. The minimum atomic E-state index is -3.41. The number of ether oxygens (including phenoxy) is 1. The van der Waals surface area contributed by atoms with Crippen molar-refractivity contribution in [3.63, 3.8) is 0 Å². The molecule has 38 heavy (non-hydrogen) atoms. The first-order valence-corrected chi connectivity index (χ1v) is 15.9. The second-order valence-corrected chi connectivity index (χ2v) is 13.0. The Labute approximate surface area is 225 Å². The molecule has 9 nitrogen and oxygen atoms in total. The molecule has 0 spiro atoms. The van der Waals surface area contributed by atoms with Crippen molar-refractivity contribution in [1.82, 2.24) is 0 Å². The molecule has 0 aliphatic rings. The molecule has 3 rings (SSSR count). The highest BCUT2D eigenvalue weighted by atomic mass is 32.2. The van der Waals surface area contributed by atoms with Crippen LogP contribution in [-0.4, -0.2) is 53.2 Å². The van der Waals surface area contributed by atoms with E-state index < -0.39 is 32.2 Å². The topological polar surface area (TPSA) is 148 Å². The SMILES string of the molecule is CC(CC(c1ccc(NS(C)(=O)=O)cc1)c1ccc(NS(C)(=O)=O)cc1)C(N)[C@@H](O)COc1ccccc1. The van der Waals surface area contributed by atoms with E-state index in [1.807, 2.05) is 61.5 Å². The van der Waals surface area contributed by atoms with Crippen LogP contribution < -0.4 is 19.9 Å². The zero-order chi connectivity index (χ0) is 27.9. The number of hydrogen-bond acceptors (Lipinski definition) is 7. The summed E-state index contributed by atoms with van der Waals surface area (Å²) in [5, 5.41) is 10.7. The van der Waals surface area contributed by atoms with Crippen LogP contribution in [0.15, 0.2) is 78.9 Å². The van der Waals surface area contributed by atoms with E-state index in [1.54, 1.807) is 24.3 Å². The van der Waals surface area contributed by atoms with Crippen LogP contribution in [0.5, 0.6) is 5.75 Å². The summed E-state index contributed by atoms with van der Waals surface area (Å²) in [6.45, 7) is 2.01. The first-order valence-electron chi connectivity index (χ1n) is 12.1. The van der Waals surface area contributed by atoms with Crippen molar-refractivity contribution in [1.29, 1.82) is 0 Å². The lowest BCUT2D eigenvalue weighted by atomic mass is 9.81. The average Bonchev–Trinajstić information content (AvgIpc) is 2.85. The molecule has 5 N–H and O–H groups in total. The van der Waals surface area contributed by atoms with Gasteiger partial charge in [0.2, 0.25) is 20.0 Å². The summed E-state index contributed by atoms with van der Waals surface area (Å²) in [7, 11) is -6.82. The third kappa shape index (κ3) is 9.32. The van der Waals surface area contributed by atoms with Gasteiger partial charge in [0.1, 0.15) is 18.5 Å². The normalized spacial score (nSPS) is 14.5. The molecule has 3 aromatic rings. The van der Waals surface area contributed by atoms with E-state index in [2.05, 4.69) is 9.44 Å². The van der Waals surface area contributed by atoms with Crippen LogP contribution in [0.25, 0.3) is 0 Å². The molecule has 0 heterocycles. The number of benzene rings is 3. The second kappa shape index (κ2) is 12.6. The Balaban J connectivity index is 1.80. The highest BCUT2D eigenvalue weighted by molar-refractivity contribution is 7.92. The van der Waals surface area contributed by atoms with Gasteiger partial charge in [0.15, 0.2) is 0 Å². The van der Waals surface area contributed by atoms with Gasteiger partial charge >= 0.3 is 0 Å². The molecule has 3 atom stereocenters. The van der Waals surface area contributed by atoms with Crippen LogP contribution in [0.1, 0.15) is 30.4 Å². The number of anilines is 2. The van der Waals surface area contributed by atoms with Crippen molar-refractivity contribution in [2.45, 2.75) is 31.4 Å². The van der Waals surface area contributed by atoms with Crippen LogP contribution in [-0.2, 0) is 20.0 Å². The minimum absolute atomic E-state index is 0.0535. The van der Waals surface area contributed by atoms with E-state index in [0.717, 1.165) is 23.6 Å². The van der Waals surface area contributed by atoms with E-state index in [9.17, 15) is 21.9 Å². The van der Waals surface area contributed by atoms with E-state index in [1.165, 1.54) is 0 Å². The summed E-state index contributed by atoms with van der Waals surface area (Å²) in [6, 6.07) is 22.8. The molecule has 2 unspecified atom stereocenters. The lowest BCUT2D eigenvalue weighted by Gasteiger charge is -2.29. The number of para-hydroxylation sites is 1. The van der Waals surface area contributed by atoms with Gasteiger partial charge in [0.05, 0.1) is 12.5 Å². The fourth-order valence-electron chi connectivity index (χ4n) is 4.18. The maximum Gasteiger partial charge on any atom is 0.229 e. The second-order valence-electron chi connectivity index (χ2n) is 9.53. The summed E-state index contributed by atoms with van der Waals surface area (Å²) < 4.78 is 57.0. The van der Waals surface area contributed by atoms with Gasteiger partial charge < -0.3 is 15.6 Å². The molecule has 0 saturated carbocycles. The Bertz CT molecular complexity index is 1300. The third-order valence-electron chi connectivity index (χ3n) is 6.11. The molecule has 0 aliphatic carbocycles. The Morgan fingerprint density at radius 1 is 0.789 bits per heavy atom. The molecule has 0 aromatic heterocycles. The Morgan fingerprint density at radius 2 is 1.24 bits per heavy atom. The van der Waals surface area contributed by atoms with Gasteiger partial charge in [0.25, 0.3) is 0 Å². The molecular formula is C27H35N3O6S2. The zero-order valence-electron chi connectivity index (χ0n) is 21.6. The highest BCUT2D eigenvalue weighted by Gasteiger charge is 2.26. The largest absolute Gasteiger partial charge is 0.491 e. The molecule has 3 aromatic carbocycles. The van der Waals surface area contributed by atoms with Crippen molar-refractivity contribution in [3.8, 4) is 5.75 Å². The molecule has 206 valence electrons. The molecule has 0 amide bonds. The van der Waals surface area contributed by atoms with Crippen LogP contribution in [0.2, 0.25) is 0 Å². The molecule has 11 heteroatoms. The molecular weight excluding hydrogens is 526 g/mol. The van der Waals surface area contributed by atoms with Gasteiger partial charge in [-0.3, -0.25) is 9.44 Å². The first kappa shape index (κ1) is 29.4. The number of sulfonamides is 2. The summed E-state index contributed by atoms with van der Waals surface area (Å²) in [5.41, 5.74) is 9.16. The average molecular weight is 562 g/mol. The number of rotatable bonds is 13. The number of aliphatic hydroxyl groups is 1. The summed E-state index contributed by atoms with van der Waals surface area (Å²) in [5.74, 6) is 0.365. The Morgan fingerprint density at radius 3 is 1.66 bits per heavy atom. The van der Waals surface area contributed by atoms with Crippen molar-refractivity contribution in [3.05, 3.63) is 90.0 Å². The zero-order valence-corrected chi connectivity index (χ0v) is 23.2. The first-order chi connectivity index (χ1) is 17.8. The lowest BCUT2D eigenvalue weighted by molar-refractivity contribution is 0.0668. The fourth-order valence-corrected chi connectivity index (χ4v) is 5.31. The standard InChI is InChI=1S/C27H35N3O6S2/c1-19(27(28)26(31)18-36-24-7-5-4-6-8-24)17-25(20-9-13-22(14-10-20)29-37(2,32)33)21-11-15-23(16-12-21)30-38(3,34)35/h4-16,19,25-27,29-31H,17-18,28H2,1-3H3/t19?,26-,27?/m0/s1. The van der Waals surface area contributed by atoms with Crippen LogP contribution in [0.4, 0.5) is 11.4 Å². The maximum atomic E-state index is 11.6. The summed E-state index contributed by atoms with van der Waals surface area (Å²) >= 11 is 0. The smallest absolute Gasteiger partial charge is 0.229 e. The predicted molar refractivity (Wildman–Crippen MR) is 151 cm³/mol. The molecule has 0 bridgehead atoms. The number of nitrogens with one attached hydrogen (secondary N) is 2. The Hall–Kier alpha value is -3.12. The van der Waals surface area contributed by atoms with Crippen LogP contribution in [0, 0.1) is 5.92 Å². The maximum absolute atomic E-state index is 11.6. The van der Waals surface area contributed by atoms with Crippen molar-refractivity contribution >= 4 is 31.4 Å². The molecule has 0 fully saturated rings. The number of aliphatic hydroxyl groups excluding tert-OH is 1. The summed E-state index contributed by atoms with van der Waals surface area (Å²) in [6.07, 6.45) is 1.85. The number of hydrogen-bond donors (Lipinski definition) is 4. The van der Waals surface area contributed by atoms with Crippen molar-refractivity contribution < 1.29 is 26.7 Å². The van der Waals surface area contributed by atoms with Crippen molar-refractivity contribution in [2.24, 2.45) is 11.7 Å². The van der Waals surface area contributed by atoms with Gasteiger partial charge in [-0.15, -0.1) is 0 Å². The van der Waals surface area contributed by atoms with Gasteiger partial charge in [-0.05, 0) is 59.9 Å². The lowest BCUT2D eigenvalue weighted by Crippen LogP contribution is -2.44. The van der Waals surface area contributed by atoms with Gasteiger partial charge in [0, 0.05) is 23.3 Å². The van der Waals surface area contributed by atoms with E-state index in [-0.39, 0.29) is 18.4 Å². The minimum Gasteiger partial charge on any atom is -0.491 e. The highest BCUT2D eigenvalue weighted by Crippen LogP contribution is 2.34. The quantitative estimate of drug-likeness (QED) is 0.250. The van der Waals surface area contributed by atoms with E-state index >= 15 is 0 Å². The van der Waals surface area contributed by atoms with Crippen LogP contribution in [0.3, 0.4) is 0 Å². The summed E-state index contributed by atoms with van der Waals surface area (Å²) in [4.78, 5) is 0. The van der Waals surface area contributed by atoms with Gasteiger partial charge in [-0.1, -0.05) is 49.4 Å². The van der Waals surface area contributed by atoms with E-state index in [4.69, 9.17) is 10.5 Å². The van der Waals surface area contributed by atoms with Gasteiger partial charge in [-0.25, -0.2) is 16.8 Å². The van der Waals surface area contributed by atoms with E-state index in [0.29, 0.717) is 23.5 Å². The molecule has 0 saturated heterocycles. The third-order valence-corrected chi connectivity index (χ3v) is 7.32. The van der Waals surface area contributed by atoms with Crippen molar-refractivity contribution in [2.75, 3.05) is 28.6 Å².